The third kappa shape index (κ3) is 4.35. The zero-order chi connectivity index (χ0) is 26.2. The molecule has 0 aliphatic heterocycles. The number of nitrogen functional groups attached to an aromatic ring is 1. The Morgan fingerprint density at radius 2 is 1.84 bits per heavy atom. The Morgan fingerprint density at radius 3 is 2.43 bits per heavy atom. The van der Waals surface area contributed by atoms with Gasteiger partial charge in [-0.05, 0) is 38.7 Å². The second kappa shape index (κ2) is 9.74. The van der Waals surface area contributed by atoms with Crippen LogP contribution in [0.3, 0.4) is 0 Å². The SMILES string of the molecule is COC[C@]1(C(=O)O)CC[C@H](c2nc3c(-c4ccc(-c5ccccc5)nc4)cnn3c(N)c2C(C)=O)CC1. The number of carboxylic acids is 1. The molecule has 0 saturated heterocycles. The van der Waals surface area contributed by atoms with Crippen molar-refractivity contribution in [1.82, 2.24) is 19.6 Å². The molecule has 1 saturated carbocycles. The molecule has 0 spiro atoms. The van der Waals surface area contributed by atoms with Crippen molar-refractivity contribution >= 4 is 23.2 Å². The second-order valence-corrected chi connectivity index (χ2v) is 9.70. The molecule has 9 nitrogen and oxygen atoms in total. The molecule has 9 heteroatoms. The van der Waals surface area contributed by atoms with E-state index in [1.54, 1.807) is 12.4 Å². The van der Waals surface area contributed by atoms with Gasteiger partial charge in [-0.25, -0.2) is 4.98 Å². The molecular weight excluding hydrogens is 470 g/mol. The minimum absolute atomic E-state index is 0.100. The third-order valence-electron chi connectivity index (χ3n) is 7.41. The molecule has 1 aliphatic rings. The lowest BCUT2D eigenvalue weighted by molar-refractivity contribution is -0.155. The Balaban J connectivity index is 1.54. The van der Waals surface area contributed by atoms with E-state index in [2.05, 4.69) is 10.1 Å². The zero-order valence-electron chi connectivity index (χ0n) is 20.8. The predicted molar refractivity (Wildman–Crippen MR) is 139 cm³/mol. The number of benzene rings is 1. The van der Waals surface area contributed by atoms with Crippen LogP contribution in [0.5, 0.6) is 0 Å². The molecule has 1 aromatic carbocycles. The van der Waals surface area contributed by atoms with Crippen LogP contribution in [0.4, 0.5) is 5.82 Å². The van der Waals surface area contributed by atoms with Crippen LogP contribution in [0.1, 0.15) is 54.6 Å². The van der Waals surface area contributed by atoms with Gasteiger partial charge < -0.3 is 15.6 Å². The lowest BCUT2D eigenvalue weighted by Crippen LogP contribution is -2.39. The van der Waals surface area contributed by atoms with Crippen molar-refractivity contribution in [3.8, 4) is 22.4 Å². The van der Waals surface area contributed by atoms with Gasteiger partial charge in [-0.15, -0.1) is 0 Å². The van der Waals surface area contributed by atoms with E-state index in [4.69, 9.17) is 15.5 Å². The number of pyridine rings is 1. The number of carboxylic acid groups (broad SMARTS) is 1. The number of aromatic nitrogens is 4. The van der Waals surface area contributed by atoms with Gasteiger partial charge in [-0.1, -0.05) is 36.4 Å². The molecule has 1 fully saturated rings. The fraction of sp³-hybridized carbons (Fsp3) is 0.321. The summed E-state index contributed by atoms with van der Waals surface area (Å²) in [6.07, 6.45) is 5.46. The molecule has 4 aromatic rings. The molecule has 0 bridgehead atoms. The first kappa shape index (κ1) is 24.6. The number of hydrogen-bond acceptors (Lipinski definition) is 7. The van der Waals surface area contributed by atoms with Crippen molar-refractivity contribution in [3.05, 3.63) is 66.1 Å². The first-order chi connectivity index (χ1) is 17.8. The summed E-state index contributed by atoms with van der Waals surface area (Å²) in [6.45, 7) is 1.62. The Labute approximate surface area is 214 Å². The van der Waals surface area contributed by atoms with Crippen molar-refractivity contribution in [2.45, 2.75) is 38.5 Å². The maximum Gasteiger partial charge on any atom is 0.311 e. The largest absolute Gasteiger partial charge is 0.481 e. The number of Topliss-reactive ketones (excluding diaryl/α,β-unsaturated/α-hetero) is 1. The molecule has 190 valence electrons. The number of carbonyl (C=O) groups excluding carboxylic acids is 1. The number of anilines is 1. The average molecular weight is 500 g/mol. The Bertz CT molecular complexity index is 1460. The maximum atomic E-state index is 12.7. The van der Waals surface area contributed by atoms with E-state index in [9.17, 15) is 14.7 Å². The highest BCUT2D eigenvalue weighted by Gasteiger charge is 2.43. The molecule has 0 unspecified atom stereocenters. The summed E-state index contributed by atoms with van der Waals surface area (Å²) in [6, 6.07) is 13.8. The van der Waals surface area contributed by atoms with Gasteiger partial charge in [0.05, 0.1) is 35.2 Å². The number of carbonyl (C=O) groups is 2. The molecule has 1 aliphatic carbocycles. The first-order valence-corrected chi connectivity index (χ1v) is 12.3. The second-order valence-electron chi connectivity index (χ2n) is 9.70. The highest BCUT2D eigenvalue weighted by atomic mass is 16.5. The summed E-state index contributed by atoms with van der Waals surface area (Å²) < 4.78 is 6.72. The van der Waals surface area contributed by atoms with Gasteiger partial charge in [-0.2, -0.15) is 9.61 Å². The number of ether oxygens (including phenoxy) is 1. The molecule has 5 rings (SSSR count). The molecule has 3 N–H and O–H groups in total. The number of aliphatic carboxylic acids is 1. The van der Waals surface area contributed by atoms with E-state index in [1.807, 2.05) is 42.5 Å². The van der Waals surface area contributed by atoms with E-state index >= 15 is 0 Å². The summed E-state index contributed by atoms with van der Waals surface area (Å²) >= 11 is 0. The van der Waals surface area contributed by atoms with Crippen molar-refractivity contribution < 1.29 is 19.4 Å². The number of nitrogens with zero attached hydrogens (tertiary/aromatic N) is 4. The molecule has 0 amide bonds. The van der Waals surface area contributed by atoms with Gasteiger partial charge >= 0.3 is 5.97 Å². The summed E-state index contributed by atoms with van der Waals surface area (Å²) in [5, 5.41) is 14.3. The standard InChI is InChI=1S/C28H29N5O4/c1-17(34)23-24(19-10-12-28(13-11-19,16-37-2)27(35)36)32-26-21(15-31-33(26)25(23)29)20-8-9-22(30-14-20)18-6-4-3-5-7-18/h3-9,14-15,19H,10-13,16,29H2,1-2H3,(H,35,36)/t19-,28-. The minimum Gasteiger partial charge on any atom is -0.481 e. The molecule has 3 heterocycles. The third-order valence-corrected chi connectivity index (χ3v) is 7.41. The fourth-order valence-electron chi connectivity index (χ4n) is 5.37. The number of rotatable bonds is 7. The monoisotopic (exact) mass is 499 g/mol. The number of methoxy groups -OCH3 is 1. The quantitative estimate of drug-likeness (QED) is 0.352. The Morgan fingerprint density at radius 1 is 1.11 bits per heavy atom. The van der Waals surface area contributed by atoms with Gasteiger partial charge in [0.15, 0.2) is 11.4 Å². The molecule has 37 heavy (non-hydrogen) atoms. The lowest BCUT2D eigenvalue weighted by atomic mass is 9.69. The molecule has 0 atom stereocenters. The van der Waals surface area contributed by atoms with E-state index in [0.717, 1.165) is 22.4 Å². The van der Waals surface area contributed by atoms with Gasteiger partial charge in [-0.3, -0.25) is 14.6 Å². The lowest BCUT2D eigenvalue weighted by Gasteiger charge is -2.36. The summed E-state index contributed by atoms with van der Waals surface area (Å²) in [5.74, 6) is -0.914. The van der Waals surface area contributed by atoms with Crippen LogP contribution >= 0.6 is 0 Å². The van der Waals surface area contributed by atoms with E-state index in [1.165, 1.54) is 18.5 Å². The minimum atomic E-state index is -0.925. The van der Waals surface area contributed by atoms with Crippen LogP contribution < -0.4 is 5.73 Å². The van der Waals surface area contributed by atoms with Crippen LogP contribution in [0.15, 0.2) is 54.9 Å². The number of nitrogens with two attached hydrogens (primary N) is 1. The fourth-order valence-corrected chi connectivity index (χ4v) is 5.37. The zero-order valence-corrected chi connectivity index (χ0v) is 20.8. The van der Waals surface area contributed by atoms with Crippen molar-refractivity contribution in [2.75, 3.05) is 19.5 Å². The van der Waals surface area contributed by atoms with Crippen LogP contribution in [-0.4, -0.2) is 50.2 Å². The summed E-state index contributed by atoms with van der Waals surface area (Å²) in [4.78, 5) is 34.2. The summed E-state index contributed by atoms with van der Waals surface area (Å²) in [5.41, 5.74) is 10.5. The van der Waals surface area contributed by atoms with Crippen LogP contribution in [0.2, 0.25) is 0 Å². The first-order valence-electron chi connectivity index (χ1n) is 12.3. The highest BCUT2D eigenvalue weighted by Crippen LogP contribution is 2.45. The van der Waals surface area contributed by atoms with E-state index in [0.29, 0.717) is 42.6 Å². The van der Waals surface area contributed by atoms with Gasteiger partial charge in [0, 0.05) is 35.9 Å². The average Bonchev–Trinajstić information content (AvgIpc) is 3.34. The molecular formula is C28H29N5O4. The van der Waals surface area contributed by atoms with Crippen LogP contribution in [0, 0.1) is 5.41 Å². The van der Waals surface area contributed by atoms with Crippen LogP contribution in [-0.2, 0) is 9.53 Å². The summed E-state index contributed by atoms with van der Waals surface area (Å²) in [7, 11) is 1.52. The van der Waals surface area contributed by atoms with Crippen LogP contribution in [0.25, 0.3) is 28.0 Å². The van der Waals surface area contributed by atoms with Crippen molar-refractivity contribution in [1.29, 1.82) is 0 Å². The Hall–Kier alpha value is -4.11. The van der Waals surface area contributed by atoms with Crippen molar-refractivity contribution in [3.63, 3.8) is 0 Å². The van der Waals surface area contributed by atoms with Gasteiger partial charge in [0.1, 0.15) is 5.82 Å². The highest BCUT2D eigenvalue weighted by molar-refractivity contribution is 6.00. The maximum absolute atomic E-state index is 12.7. The van der Waals surface area contributed by atoms with Crippen molar-refractivity contribution in [2.24, 2.45) is 5.41 Å². The van der Waals surface area contributed by atoms with E-state index in [-0.39, 0.29) is 24.1 Å². The number of hydrogen-bond donors (Lipinski definition) is 2. The molecule has 0 radical (unpaired) electrons. The Kier molecular flexibility index (Phi) is 6.47. The van der Waals surface area contributed by atoms with E-state index < -0.39 is 11.4 Å². The predicted octanol–water partition coefficient (Wildman–Crippen LogP) is 4.62. The topological polar surface area (TPSA) is 133 Å². The number of ketones is 1. The normalized spacial score (nSPS) is 19.7. The van der Waals surface area contributed by atoms with Gasteiger partial charge in [0.2, 0.25) is 0 Å². The number of fused-ring (bicyclic) bond motifs is 1. The molecule has 3 aromatic heterocycles. The van der Waals surface area contributed by atoms with Gasteiger partial charge in [0.25, 0.3) is 0 Å². The smallest absolute Gasteiger partial charge is 0.311 e.